The molecule has 10 heteroatoms. The summed E-state index contributed by atoms with van der Waals surface area (Å²) in [6, 6.07) is 11.6. The molecule has 0 bridgehead atoms. The van der Waals surface area contributed by atoms with Gasteiger partial charge in [-0.15, -0.1) is 0 Å². The van der Waals surface area contributed by atoms with Gasteiger partial charge in [-0.2, -0.15) is 0 Å². The minimum absolute atomic E-state index is 0.0176. The molecule has 190 valence electrons. The molecule has 3 aromatic carbocycles. The maximum absolute atomic E-state index is 13.7. The van der Waals surface area contributed by atoms with Gasteiger partial charge in [0.15, 0.2) is 0 Å². The van der Waals surface area contributed by atoms with Crippen molar-refractivity contribution in [2.75, 3.05) is 10.1 Å². The Balaban J connectivity index is 2.22. The molecule has 0 radical (unpaired) electrons. The molecule has 0 fully saturated rings. The second-order valence-electron chi connectivity index (χ2n) is 9.48. The van der Waals surface area contributed by atoms with E-state index in [-0.39, 0.29) is 27.2 Å². The summed E-state index contributed by atoms with van der Waals surface area (Å²) in [7, 11) is -3.96. The Morgan fingerprint density at radius 1 is 1.08 bits per heavy atom. The normalized spacial score (nSPS) is 12.3. The van der Waals surface area contributed by atoms with Crippen molar-refractivity contribution in [2.45, 2.75) is 40.0 Å². The Morgan fingerprint density at radius 2 is 1.75 bits per heavy atom. The first-order valence-corrected chi connectivity index (χ1v) is 13.6. The SMILES string of the molecule is CCS(=O)(=O)N(c1cc(Cl)c(O)cc1Cl)c1c(C(C)(C)C)[nH]c2ccc3ccc(OC(C)=O)cc3c12. The number of nitrogens with zero attached hydrogens (tertiary/aromatic N) is 1. The number of hydrogen-bond donors (Lipinski definition) is 2. The summed E-state index contributed by atoms with van der Waals surface area (Å²) in [5, 5.41) is 12.2. The van der Waals surface area contributed by atoms with Crippen molar-refractivity contribution in [3.63, 3.8) is 0 Å². The van der Waals surface area contributed by atoms with Gasteiger partial charge in [-0.05, 0) is 42.0 Å². The summed E-state index contributed by atoms with van der Waals surface area (Å²) >= 11 is 12.7. The lowest BCUT2D eigenvalue weighted by atomic mass is 9.90. The van der Waals surface area contributed by atoms with E-state index in [4.69, 9.17) is 27.9 Å². The number of esters is 1. The number of phenolic OH excluding ortho intramolecular Hbond substituents is 1. The zero-order valence-electron chi connectivity index (χ0n) is 20.4. The Hall–Kier alpha value is -2.94. The molecule has 0 spiro atoms. The van der Waals surface area contributed by atoms with Gasteiger partial charge in [0, 0.05) is 35.0 Å². The fourth-order valence-electron chi connectivity index (χ4n) is 4.17. The molecule has 0 amide bonds. The first kappa shape index (κ1) is 26.1. The van der Waals surface area contributed by atoms with E-state index in [0.717, 1.165) is 5.39 Å². The van der Waals surface area contributed by atoms with Crippen LogP contribution < -0.4 is 9.04 Å². The number of H-pyrrole nitrogens is 1. The van der Waals surface area contributed by atoms with E-state index in [1.165, 1.54) is 23.4 Å². The standard InChI is InChI=1S/C26H26Cl2N2O5S/c1-6-36(33,34)30(21-12-19(28)22(32)13-18(21)27)24-23-17-11-16(35-14(2)31)9-7-15(17)8-10-20(23)29-25(24)26(3,4)5/h7-13,29,32H,6H2,1-5H3. The van der Waals surface area contributed by atoms with E-state index >= 15 is 0 Å². The van der Waals surface area contributed by atoms with E-state index in [1.54, 1.807) is 19.1 Å². The third kappa shape index (κ3) is 4.61. The number of nitrogens with one attached hydrogen (secondary N) is 1. The molecular formula is C26H26Cl2N2O5S. The molecule has 0 saturated carbocycles. The van der Waals surface area contributed by atoms with Crippen LogP contribution in [0.3, 0.4) is 0 Å². The number of aromatic nitrogens is 1. The van der Waals surface area contributed by atoms with Gasteiger partial charge < -0.3 is 14.8 Å². The molecule has 0 aliphatic carbocycles. The number of aromatic hydroxyl groups is 1. The number of sulfonamides is 1. The number of benzene rings is 3. The summed E-state index contributed by atoms with van der Waals surface area (Å²) < 4.78 is 33.9. The predicted octanol–water partition coefficient (Wildman–Crippen LogP) is 7.04. The highest BCUT2D eigenvalue weighted by molar-refractivity contribution is 7.93. The van der Waals surface area contributed by atoms with Gasteiger partial charge in [0.25, 0.3) is 0 Å². The molecule has 1 aromatic heterocycles. The number of phenols is 1. The number of rotatable bonds is 5. The van der Waals surface area contributed by atoms with E-state index in [9.17, 15) is 18.3 Å². The van der Waals surface area contributed by atoms with Crippen molar-refractivity contribution in [3.05, 3.63) is 58.2 Å². The topological polar surface area (TPSA) is 99.7 Å². The van der Waals surface area contributed by atoms with Crippen molar-refractivity contribution in [3.8, 4) is 11.5 Å². The lowest BCUT2D eigenvalue weighted by molar-refractivity contribution is -0.131. The highest BCUT2D eigenvalue weighted by atomic mass is 35.5. The Kier molecular flexibility index (Phi) is 6.66. The van der Waals surface area contributed by atoms with Gasteiger partial charge >= 0.3 is 5.97 Å². The monoisotopic (exact) mass is 548 g/mol. The zero-order valence-corrected chi connectivity index (χ0v) is 22.8. The van der Waals surface area contributed by atoms with Crippen LogP contribution in [0.1, 0.15) is 40.3 Å². The van der Waals surface area contributed by atoms with Gasteiger partial charge in [0.05, 0.1) is 27.2 Å². The van der Waals surface area contributed by atoms with Crippen LogP contribution in [0.25, 0.3) is 21.7 Å². The Morgan fingerprint density at radius 3 is 2.36 bits per heavy atom. The molecular weight excluding hydrogens is 523 g/mol. The maximum Gasteiger partial charge on any atom is 0.308 e. The lowest BCUT2D eigenvalue weighted by Crippen LogP contribution is -2.30. The van der Waals surface area contributed by atoms with Crippen LogP contribution in [0.4, 0.5) is 11.4 Å². The predicted molar refractivity (Wildman–Crippen MR) is 146 cm³/mol. The van der Waals surface area contributed by atoms with Crippen LogP contribution >= 0.6 is 23.2 Å². The summed E-state index contributed by atoms with van der Waals surface area (Å²) in [4.78, 5) is 15.0. The van der Waals surface area contributed by atoms with Crippen LogP contribution in [0.5, 0.6) is 11.5 Å². The number of halogens is 2. The third-order valence-corrected chi connectivity index (χ3v) is 8.09. The van der Waals surface area contributed by atoms with Crippen molar-refractivity contribution in [1.29, 1.82) is 0 Å². The van der Waals surface area contributed by atoms with Gasteiger partial charge in [-0.25, -0.2) is 12.7 Å². The van der Waals surface area contributed by atoms with Gasteiger partial charge in [0.1, 0.15) is 11.5 Å². The molecule has 2 N–H and O–H groups in total. The number of aromatic amines is 1. The van der Waals surface area contributed by atoms with Crippen LogP contribution in [-0.4, -0.2) is 30.2 Å². The second kappa shape index (κ2) is 9.18. The average Bonchev–Trinajstić information content (AvgIpc) is 3.17. The van der Waals surface area contributed by atoms with Crippen molar-refractivity contribution in [1.82, 2.24) is 4.98 Å². The summed E-state index contributed by atoms with van der Waals surface area (Å²) in [5.74, 6) is -0.609. The molecule has 0 unspecified atom stereocenters. The average molecular weight is 549 g/mol. The minimum Gasteiger partial charge on any atom is -0.506 e. The van der Waals surface area contributed by atoms with E-state index < -0.39 is 21.4 Å². The van der Waals surface area contributed by atoms with Gasteiger partial charge in [-0.1, -0.05) is 56.1 Å². The van der Waals surface area contributed by atoms with Crippen LogP contribution in [0, 0.1) is 0 Å². The fourth-order valence-corrected chi connectivity index (χ4v) is 5.79. The zero-order chi connectivity index (χ0) is 26.6. The molecule has 0 aliphatic heterocycles. The van der Waals surface area contributed by atoms with Crippen LogP contribution in [0.2, 0.25) is 10.0 Å². The highest BCUT2D eigenvalue weighted by Crippen LogP contribution is 2.48. The number of hydrogen-bond acceptors (Lipinski definition) is 5. The smallest absolute Gasteiger partial charge is 0.308 e. The van der Waals surface area contributed by atoms with Crippen LogP contribution in [-0.2, 0) is 20.2 Å². The van der Waals surface area contributed by atoms with Gasteiger partial charge in [-0.3, -0.25) is 4.79 Å². The molecule has 7 nitrogen and oxygen atoms in total. The Labute approximate surface area is 219 Å². The molecule has 4 rings (SSSR count). The van der Waals surface area contributed by atoms with Crippen molar-refractivity contribution < 1.29 is 23.1 Å². The van der Waals surface area contributed by atoms with E-state index in [2.05, 4.69) is 4.98 Å². The summed E-state index contributed by atoms with van der Waals surface area (Å²) in [6.07, 6.45) is 0. The molecule has 1 heterocycles. The van der Waals surface area contributed by atoms with Crippen molar-refractivity contribution >= 4 is 72.2 Å². The quantitative estimate of drug-likeness (QED) is 0.205. The van der Waals surface area contributed by atoms with Crippen molar-refractivity contribution in [2.24, 2.45) is 0 Å². The van der Waals surface area contributed by atoms with Gasteiger partial charge in [0.2, 0.25) is 10.0 Å². The molecule has 36 heavy (non-hydrogen) atoms. The number of fused-ring (bicyclic) bond motifs is 3. The largest absolute Gasteiger partial charge is 0.506 e. The highest BCUT2D eigenvalue weighted by Gasteiger charge is 2.34. The first-order valence-electron chi connectivity index (χ1n) is 11.2. The third-order valence-electron chi connectivity index (χ3n) is 5.82. The first-order chi connectivity index (χ1) is 16.7. The molecule has 0 atom stereocenters. The van der Waals surface area contributed by atoms with E-state index in [1.807, 2.05) is 39.0 Å². The van der Waals surface area contributed by atoms with Crippen LogP contribution in [0.15, 0.2) is 42.5 Å². The fraction of sp³-hybridized carbons (Fsp3) is 0.269. The minimum atomic E-state index is -3.96. The molecule has 0 saturated heterocycles. The number of carbonyl (C=O) groups is 1. The summed E-state index contributed by atoms with van der Waals surface area (Å²) in [6.45, 7) is 8.76. The van der Waals surface area contributed by atoms with E-state index in [0.29, 0.717) is 33.4 Å². The molecule has 0 aliphatic rings. The number of carbonyl (C=O) groups excluding carboxylic acids is 1. The number of anilines is 2. The molecule has 4 aromatic rings. The maximum atomic E-state index is 13.7. The Bertz CT molecular complexity index is 1620. The number of ether oxygens (including phenoxy) is 1. The second-order valence-corrected chi connectivity index (χ2v) is 12.4. The summed E-state index contributed by atoms with van der Waals surface area (Å²) in [5.41, 5.74) is 1.33. The lowest BCUT2D eigenvalue weighted by Gasteiger charge is -2.29.